The molecular formula is C17H31NO3. The molecule has 4 heteroatoms. The van der Waals surface area contributed by atoms with Gasteiger partial charge in [0.05, 0.1) is 12.2 Å². The number of carbonyl (C=O) groups excluding carboxylic acids is 1. The highest BCUT2D eigenvalue weighted by atomic mass is 16.6. The molecule has 1 aliphatic rings. The summed E-state index contributed by atoms with van der Waals surface area (Å²) in [6.07, 6.45) is 5.20. The summed E-state index contributed by atoms with van der Waals surface area (Å²) in [4.78, 5) is 11.9. The van der Waals surface area contributed by atoms with Gasteiger partial charge in [-0.25, -0.2) is 4.79 Å². The minimum atomic E-state index is -0.464. The Morgan fingerprint density at radius 1 is 1.43 bits per heavy atom. The van der Waals surface area contributed by atoms with E-state index < -0.39 is 5.60 Å². The number of carbonyl (C=O) groups is 1. The van der Waals surface area contributed by atoms with E-state index in [1.54, 1.807) is 0 Å². The number of nitrogens with one attached hydrogen (secondary N) is 1. The van der Waals surface area contributed by atoms with Crippen molar-refractivity contribution < 1.29 is 14.3 Å². The third-order valence-electron chi connectivity index (χ3n) is 3.55. The van der Waals surface area contributed by atoms with Crippen LogP contribution in [0.25, 0.3) is 0 Å². The van der Waals surface area contributed by atoms with E-state index in [2.05, 4.69) is 18.8 Å². The van der Waals surface area contributed by atoms with Crippen LogP contribution in [-0.2, 0) is 14.3 Å². The smallest absolute Gasteiger partial charge is 0.333 e. The van der Waals surface area contributed by atoms with E-state index in [1.807, 2.05) is 20.8 Å². The maximum atomic E-state index is 11.9. The van der Waals surface area contributed by atoms with E-state index >= 15 is 0 Å². The molecule has 0 aromatic carbocycles. The lowest BCUT2D eigenvalue weighted by atomic mass is 10.0. The summed E-state index contributed by atoms with van der Waals surface area (Å²) in [6, 6.07) is 0. The van der Waals surface area contributed by atoms with E-state index in [-0.39, 0.29) is 12.1 Å². The van der Waals surface area contributed by atoms with Crippen molar-refractivity contribution in [1.29, 1.82) is 0 Å². The van der Waals surface area contributed by atoms with Crippen molar-refractivity contribution in [2.24, 2.45) is 0 Å². The van der Waals surface area contributed by atoms with E-state index in [0.29, 0.717) is 18.1 Å². The van der Waals surface area contributed by atoms with Crippen LogP contribution in [0.2, 0.25) is 0 Å². The second-order valence-electron chi connectivity index (χ2n) is 6.78. The molecule has 0 amide bonds. The van der Waals surface area contributed by atoms with E-state index in [9.17, 15) is 4.79 Å². The van der Waals surface area contributed by atoms with Gasteiger partial charge in [-0.15, -0.1) is 0 Å². The van der Waals surface area contributed by atoms with E-state index in [1.165, 1.54) is 6.42 Å². The second kappa shape index (κ2) is 8.54. The lowest BCUT2D eigenvalue weighted by Gasteiger charge is -2.28. The minimum Gasteiger partial charge on any atom is -0.457 e. The highest BCUT2D eigenvalue weighted by Gasteiger charge is 2.21. The summed E-state index contributed by atoms with van der Waals surface area (Å²) < 4.78 is 11.4. The second-order valence-corrected chi connectivity index (χ2v) is 6.78. The van der Waals surface area contributed by atoms with Crippen LogP contribution < -0.4 is 5.32 Å². The number of rotatable bonds is 7. The Hall–Kier alpha value is -0.870. The number of hydrogen-bond acceptors (Lipinski definition) is 4. The van der Waals surface area contributed by atoms with Gasteiger partial charge in [-0.3, -0.25) is 0 Å². The Balaban J connectivity index is 2.33. The highest BCUT2D eigenvalue weighted by Crippen LogP contribution is 2.18. The summed E-state index contributed by atoms with van der Waals surface area (Å²) in [5, 5.41) is 3.36. The molecular weight excluding hydrogens is 266 g/mol. The topological polar surface area (TPSA) is 47.6 Å². The molecule has 1 rings (SSSR count). The van der Waals surface area contributed by atoms with Crippen LogP contribution in [0.4, 0.5) is 0 Å². The molecule has 2 unspecified atom stereocenters. The summed E-state index contributed by atoms with van der Waals surface area (Å²) >= 11 is 0. The van der Waals surface area contributed by atoms with Gasteiger partial charge in [-0.2, -0.15) is 0 Å². The number of esters is 1. The minimum absolute atomic E-state index is 0.189. The zero-order chi connectivity index (χ0) is 15.9. The SMILES string of the molecule is C=C(CCC(CC)OC1CCCNC1)C(=O)OC(C)(C)C. The van der Waals surface area contributed by atoms with Gasteiger partial charge in [-0.05, 0) is 59.4 Å². The van der Waals surface area contributed by atoms with Gasteiger partial charge < -0.3 is 14.8 Å². The van der Waals surface area contributed by atoms with Gasteiger partial charge in [0.1, 0.15) is 5.60 Å². The normalized spacial score (nSPS) is 20.9. The van der Waals surface area contributed by atoms with Crippen LogP contribution in [-0.4, -0.2) is 36.9 Å². The van der Waals surface area contributed by atoms with Gasteiger partial charge in [0.25, 0.3) is 0 Å². The van der Waals surface area contributed by atoms with E-state index in [0.717, 1.165) is 32.4 Å². The summed E-state index contributed by atoms with van der Waals surface area (Å²) in [5.74, 6) is -0.295. The Morgan fingerprint density at radius 2 is 2.14 bits per heavy atom. The van der Waals surface area contributed by atoms with Crippen molar-refractivity contribution in [2.45, 2.75) is 77.6 Å². The first-order chi connectivity index (χ1) is 9.81. The average Bonchev–Trinajstić information content (AvgIpc) is 2.42. The van der Waals surface area contributed by atoms with Crippen LogP contribution >= 0.6 is 0 Å². The maximum Gasteiger partial charge on any atom is 0.333 e. The summed E-state index contributed by atoms with van der Waals surface area (Å²) in [7, 11) is 0. The van der Waals surface area contributed by atoms with Gasteiger partial charge in [0, 0.05) is 12.1 Å². The highest BCUT2D eigenvalue weighted by molar-refractivity contribution is 5.87. The monoisotopic (exact) mass is 297 g/mol. The average molecular weight is 297 g/mol. The predicted molar refractivity (Wildman–Crippen MR) is 85.3 cm³/mol. The lowest BCUT2D eigenvalue weighted by Crippen LogP contribution is -2.37. The van der Waals surface area contributed by atoms with Crippen molar-refractivity contribution in [3.8, 4) is 0 Å². The Bertz CT molecular complexity index is 340. The molecule has 1 saturated heterocycles. The molecule has 0 spiro atoms. The fraction of sp³-hybridized carbons (Fsp3) is 0.824. The first-order valence-corrected chi connectivity index (χ1v) is 8.09. The molecule has 0 aliphatic carbocycles. The standard InChI is InChI=1S/C17H31NO3/c1-6-14(20-15-8-7-11-18-12-15)10-9-13(2)16(19)21-17(3,4)5/h14-15,18H,2,6-12H2,1,3-5H3. The molecule has 21 heavy (non-hydrogen) atoms. The molecule has 1 aliphatic heterocycles. The third kappa shape index (κ3) is 7.63. The van der Waals surface area contributed by atoms with Crippen molar-refractivity contribution in [2.75, 3.05) is 13.1 Å². The molecule has 0 bridgehead atoms. The quantitative estimate of drug-likeness (QED) is 0.579. The van der Waals surface area contributed by atoms with Crippen molar-refractivity contribution >= 4 is 5.97 Å². The Labute approximate surface area is 129 Å². The zero-order valence-electron chi connectivity index (χ0n) is 14.0. The zero-order valence-corrected chi connectivity index (χ0v) is 14.0. The van der Waals surface area contributed by atoms with Crippen LogP contribution in [0.15, 0.2) is 12.2 Å². The summed E-state index contributed by atoms with van der Waals surface area (Å²) in [5.41, 5.74) is 0.0720. The van der Waals surface area contributed by atoms with Gasteiger partial charge in [0.2, 0.25) is 0 Å². The maximum absolute atomic E-state index is 11.9. The van der Waals surface area contributed by atoms with Crippen molar-refractivity contribution in [3.63, 3.8) is 0 Å². The van der Waals surface area contributed by atoms with Gasteiger partial charge in [-0.1, -0.05) is 13.5 Å². The third-order valence-corrected chi connectivity index (χ3v) is 3.55. The largest absolute Gasteiger partial charge is 0.457 e. The molecule has 1 heterocycles. The molecule has 1 fully saturated rings. The molecule has 2 atom stereocenters. The van der Waals surface area contributed by atoms with Crippen molar-refractivity contribution in [3.05, 3.63) is 12.2 Å². The van der Waals surface area contributed by atoms with Gasteiger partial charge >= 0.3 is 5.97 Å². The lowest BCUT2D eigenvalue weighted by molar-refractivity contribution is -0.150. The van der Waals surface area contributed by atoms with Crippen LogP contribution in [0.5, 0.6) is 0 Å². The van der Waals surface area contributed by atoms with Crippen LogP contribution in [0, 0.1) is 0 Å². The number of ether oxygens (including phenoxy) is 2. The predicted octanol–water partition coefficient (Wildman–Crippen LogP) is 3.21. The molecule has 1 N–H and O–H groups in total. The summed E-state index contributed by atoms with van der Waals surface area (Å²) in [6.45, 7) is 13.6. The number of piperidine rings is 1. The van der Waals surface area contributed by atoms with Crippen LogP contribution in [0.1, 0.15) is 59.8 Å². The molecule has 0 radical (unpaired) electrons. The van der Waals surface area contributed by atoms with E-state index in [4.69, 9.17) is 9.47 Å². The number of hydrogen-bond donors (Lipinski definition) is 1. The van der Waals surface area contributed by atoms with Crippen molar-refractivity contribution in [1.82, 2.24) is 5.32 Å². The Kier molecular flexibility index (Phi) is 7.40. The fourth-order valence-electron chi connectivity index (χ4n) is 2.36. The first-order valence-electron chi connectivity index (χ1n) is 8.09. The molecule has 0 saturated carbocycles. The molecule has 122 valence electrons. The molecule has 4 nitrogen and oxygen atoms in total. The van der Waals surface area contributed by atoms with Gasteiger partial charge in [0.15, 0.2) is 0 Å². The molecule has 0 aromatic heterocycles. The first kappa shape index (κ1) is 18.2. The Morgan fingerprint density at radius 3 is 2.67 bits per heavy atom. The van der Waals surface area contributed by atoms with Crippen LogP contribution in [0.3, 0.4) is 0 Å². The molecule has 0 aromatic rings. The fourth-order valence-corrected chi connectivity index (χ4v) is 2.36.